The lowest BCUT2D eigenvalue weighted by molar-refractivity contribution is -0.115. The van der Waals surface area contributed by atoms with Gasteiger partial charge in [0, 0.05) is 27.1 Å². The molecule has 0 aliphatic rings. The van der Waals surface area contributed by atoms with Gasteiger partial charge < -0.3 is 20.1 Å². The molecule has 37 heavy (non-hydrogen) atoms. The number of carbonyl (C=O) groups excluding carboxylic acids is 2. The number of benzene rings is 3. The fourth-order valence-corrected chi connectivity index (χ4v) is 4.99. The van der Waals surface area contributed by atoms with Gasteiger partial charge >= 0.3 is 0 Å². The number of methoxy groups -OCH3 is 1. The Morgan fingerprint density at radius 1 is 1.00 bits per heavy atom. The number of thioether (sulfide) groups is 1. The zero-order valence-corrected chi connectivity index (χ0v) is 22.3. The van der Waals surface area contributed by atoms with E-state index in [0.29, 0.717) is 28.7 Å². The van der Waals surface area contributed by atoms with Crippen molar-refractivity contribution < 1.29 is 19.1 Å². The van der Waals surface area contributed by atoms with Crippen molar-refractivity contribution in [2.45, 2.75) is 24.0 Å². The second-order valence-corrected chi connectivity index (χ2v) is 10.2. The van der Waals surface area contributed by atoms with E-state index in [9.17, 15) is 9.59 Å². The summed E-state index contributed by atoms with van der Waals surface area (Å²) in [5, 5.41) is 7.91. The Morgan fingerprint density at radius 3 is 2.46 bits per heavy atom. The first-order valence-corrected chi connectivity index (χ1v) is 13.4. The van der Waals surface area contributed by atoms with E-state index in [1.54, 1.807) is 31.4 Å². The fraction of sp³-hybridized carbons (Fsp3) is 0.179. The van der Waals surface area contributed by atoms with E-state index in [4.69, 9.17) is 9.47 Å². The molecular formula is C28H27N3O4S2. The molecule has 3 aromatic carbocycles. The summed E-state index contributed by atoms with van der Waals surface area (Å²) in [6, 6.07) is 22.1. The van der Waals surface area contributed by atoms with Crippen molar-refractivity contribution in [2.24, 2.45) is 0 Å². The predicted molar refractivity (Wildman–Crippen MR) is 150 cm³/mol. The molecule has 1 heterocycles. The topological polar surface area (TPSA) is 89.6 Å². The Balaban J connectivity index is 1.30. The van der Waals surface area contributed by atoms with Crippen LogP contribution in [0.2, 0.25) is 0 Å². The van der Waals surface area contributed by atoms with Gasteiger partial charge in [-0.2, -0.15) is 0 Å². The lowest BCUT2D eigenvalue weighted by atomic mass is 10.2. The third-order valence-corrected chi connectivity index (χ3v) is 7.19. The van der Waals surface area contributed by atoms with Crippen LogP contribution in [-0.2, 0) is 4.79 Å². The number of hydrogen-bond donors (Lipinski definition) is 2. The van der Waals surface area contributed by atoms with Crippen molar-refractivity contribution >= 4 is 45.7 Å². The molecular weight excluding hydrogens is 506 g/mol. The summed E-state index contributed by atoms with van der Waals surface area (Å²) in [5.74, 6) is 1.08. The first-order valence-electron chi connectivity index (χ1n) is 11.7. The summed E-state index contributed by atoms with van der Waals surface area (Å²) in [7, 11) is 1.56. The van der Waals surface area contributed by atoms with Crippen LogP contribution in [0, 0.1) is 0 Å². The molecule has 1 unspecified atom stereocenters. The molecule has 1 atom stereocenters. The molecule has 2 amide bonds. The Bertz CT molecular complexity index is 1350. The Labute approximate surface area is 224 Å². The smallest absolute Gasteiger partial charge is 0.255 e. The minimum Gasteiger partial charge on any atom is -0.497 e. The maximum atomic E-state index is 12.8. The summed E-state index contributed by atoms with van der Waals surface area (Å²) in [4.78, 5) is 30.7. The van der Waals surface area contributed by atoms with Gasteiger partial charge in [-0.05, 0) is 80.6 Å². The van der Waals surface area contributed by atoms with Crippen molar-refractivity contribution in [1.82, 2.24) is 4.98 Å². The van der Waals surface area contributed by atoms with E-state index >= 15 is 0 Å². The van der Waals surface area contributed by atoms with E-state index in [0.717, 1.165) is 21.9 Å². The molecule has 0 aliphatic heterocycles. The highest BCUT2D eigenvalue weighted by Crippen LogP contribution is 2.29. The molecule has 2 N–H and O–H groups in total. The number of rotatable bonds is 10. The first-order chi connectivity index (χ1) is 17.9. The molecule has 0 saturated heterocycles. The number of aromatic nitrogens is 1. The largest absolute Gasteiger partial charge is 0.497 e. The summed E-state index contributed by atoms with van der Waals surface area (Å²) in [6.45, 7) is 4.41. The van der Waals surface area contributed by atoms with E-state index in [1.165, 1.54) is 23.1 Å². The second kappa shape index (κ2) is 12.4. The highest BCUT2D eigenvalue weighted by Gasteiger charge is 2.17. The number of nitrogens with one attached hydrogen (secondary N) is 2. The SMILES string of the molecule is CCOc1ccc(-c2csc(NC(=O)C(C)Sc3ccc(NC(=O)c4cccc(OC)c4)cc3)n2)cc1. The number of hydrogen-bond acceptors (Lipinski definition) is 7. The van der Waals surface area contributed by atoms with Crippen LogP contribution < -0.4 is 20.1 Å². The molecule has 0 radical (unpaired) electrons. The molecule has 0 saturated carbocycles. The van der Waals surface area contributed by atoms with Gasteiger partial charge in [0.1, 0.15) is 11.5 Å². The van der Waals surface area contributed by atoms with Crippen LogP contribution in [0.25, 0.3) is 11.3 Å². The van der Waals surface area contributed by atoms with Crippen LogP contribution >= 0.6 is 23.1 Å². The van der Waals surface area contributed by atoms with Crippen LogP contribution in [0.3, 0.4) is 0 Å². The van der Waals surface area contributed by atoms with Crippen molar-refractivity contribution in [2.75, 3.05) is 24.4 Å². The average molecular weight is 534 g/mol. The number of amides is 2. The van der Waals surface area contributed by atoms with Crippen LogP contribution in [0.5, 0.6) is 11.5 Å². The lowest BCUT2D eigenvalue weighted by Gasteiger charge is -2.11. The quantitative estimate of drug-likeness (QED) is 0.224. The molecule has 0 fully saturated rings. The molecule has 0 bridgehead atoms. The summed E-state index contributed by atoms with van der Waals surface area (Å²) in [6.07, 6.45) is 0. The zero-order chi connectivity index (χ0) is 26.2. The summed E-state index contributed by atoms with van der Waals surface area (Å²) in [5.41, 5.74) is 2.94. The minimum atomic E-state index is -0.338. The fourth-order valence-electron chi connectivity index (χ4n) is 3.40. The Kier molecular flexibility index (Phi) is 8.81. The van der Waals surface area contributed by atoms with E-state index in [2.05, 4.69) is 15.6 Å². The van der Waals surface area contributed by atoms with Crippen molar-refractivity contribution in [3.63, 3.8) is 0 Å². The van der Waals surface area contributed by atoms with E-state index < -0.39 is 0 Å². The highest BCUT2D eigenvalue weighted by atomic mass is 32.2. The van der Waals surface area contributed by atoms with Gasteiger partial charge in [0.15, 0.2) is 5.13 Å². The van der Waals surface area contributed by atoms with Gasteiger partial charge in [-0.15, -0.1) is 23.1 Å². The number of anilines is 2. The lowest BCUT2D eigenvalue weighted by Crippen LogP contribution is -2.22. The van der Waals surface area contributed by atoms with E-state index in [1.807, 2.05) is 67.8 Å². The molecule has 190 valence electrons. The van der Waals surface area contributed by atoms with Gasteiger partial charge in [0.05, 0.1) is 24.7 Å². The van der Waals surface area contributed by atoms with Gasteiger partial charge in [0.25, 0.3) is 5.91 Å². The average Bonchev–Trinajstić information content (AvgIpc) is 3.38. The van der Waals surface area contributed by atoms with Crippen LogP contribution in [0.4, 0.5) is 10.8 Å². The molecule has 0 spiro atoms. The Morgan fingerprint density at radius 2 is 1.76 bits per heavy atom. The van der Waals surface area contributed by atoms with Crippen molar-refractivity contribution in [3.8, 4) is 22.8 Å². The summed E-state index contributed by atoms with van der Waals surface area (Å²) >= 11 is 2.82. The van der Waals surface area contributed by atoms with Crippen molar-refractivity contribution in [3.05, 3.63) is 83.7 Å². The summed E-state index contributed by atoms with van der Waals surface area (Å²) < 4.78 is 10.7. The maximum Gasteiger partial charge on any atom is 0.255 e. The molecule has 9 heteroatoms. The normalized spacial score (nSPS) is 11.4. The maximum absolute atomic E-state index is 12.8. The zero-order valence-electron chi connectivity index (χ0n) is 20.7. The molecule has 0 aliphatic carbocycles. The standard InChI is InChI=1S/C28H27N3O4S2/c1-4-35-22-12-8-19(9-13-22)25-17-36-28(30-25)31-26(32)18(2)37-24-14-10-21(11-15-24)29-27(33)20-6-5-7-23(16-20)34-3/h5-18H,4H2,1-3H3,(H,29,33)(H,30,31,32). The molecule has 1 aromatic heterocycles. The number of thiazole rings is 1. The van der Waals surface area contributed by atoms with Gasteiger partial charge in [-0.1, -0.05) is 6.07 Å². The van der Waals surface area contributed by atoms with Gasteiger partial charge in [-0.3, -0.25) is 9.59 Å². The molecule has 4 rings (SSSR count). The van der Waals surface area contributed by atoms with E-state index in [-0.39, 0.29) is 17.1 Å². The third-order valence-electron chi connectivity index (χ3n) is 5.32. The first kappa shape index (κ1) is 26.2. The van der Waals surface area contributed by atoms with Crippen LogP contribution in [0.15, 0.2) is 83.1 Å². The third kappa shape index (κ3) is 7.12. The van der Waals surface area contributed by atoms with Crippen LogP contribution in [-0.4, -0.2) is 35.8 Å². The monoisotopic (exact) mass is 533 g/mol. The van der Waals surface area contributed by atoms with Gasteiger partial charge in [-0.25, -0.2) is 4.98 Å². The van der Waals surface area contributed by atoms with Gasteiger partial charge in [0.2, 0.25) is 5.91 Å². The Hall–Kier alpha value is -3.82. The second-order valence-electron chi connectivity index (χ2n) is 7.96. The molecule has 7 nitrogen and oxygen atoms in total. The van der Waals surface area contributed by atoms with Crippen molar-refractivity contribution in [1.29, 1.82) is 0 Å². The predicted octanol–water partition coefficient (Wildman–Crippen LogP) is 6.59. The van der Waals surface area contributed by atoms with Crippen LogP contribution in [0.1, 0.15) is 24.2 Å². The number of carbonyl (C=O) groups is 2. The highest BCUT2D eigenvalue weighted by molar-refractivity contribution is 8.00. The number of ether oxygens (including phenoxy) is 2. The minimum absolute atomic E-state index is 0.131. The number of nitrogens with zero attached hydrogens (tertiary/aromatic N) is 1. The molecule has 4 aromatic rings.